The maximum Gasteiger partial charge on any atom is 0.250 e. The fraction of sp³-hybridized carbons (Fsp3) is 0.857. The summed E-state index contributed by atoms with van der Waals surface area (Å²) in [4.78, 5) is 23.5. The van der Waals surface area contributed by atoms with E-state index >= 15 is 0 Å². The molecule has 1 heterocycles. The highest BCUT2D eigenvalue weighted by molar-refractivity contribution is 5.85. The zero-order chi connectivity index (χ0) is 14.2. The van der Waals surface area contributed by atoms with Crippen LogP contribution in [0.4, 0.5) is 0 Å². The highest BCUT2D eigenvalue weighted by Crippen LogP contribution is 2.17. The molecule has 2 rings (SSSR count). The van der Waals surface area contributed by atoms with Gasteiger partial charge in [0.25, 0.3) is 0 Å². The maximum atomic E-state index is 11.8. The largest absolute Gasteiger partial charge is 0.366 e. The van der Waals surface area contributed by atoms with Crippen LogP contribution in [-0.4, -0.2) is 50.2 Å². The first-order valence-corrected chi connectivity index (χ1v) is 7.65. The Morgan fingerprint density at radius 1 is 1.19 bits per heavy atom. The zero-order valence-corrected chi connectivity index (χ0v) is 13.2. The molecule has 1 saturated heterocycles. The summed E-state index contributed by atoms with van der Waals surface area (Å²) in [6.45, 7) is 2.26. The number of ether oxygens (including phenoxy) is 1. The molecule has 2 amide bonds. The van der Waals surface area contributed by atoms with Gasteiger partial charge in [-0.2, -0.15) is 0 Å². The minimum atomic E-state index is -0.426. The summed E-state index contributed by atoms with van der Waals surface area (Å²) in [5.41, 5.74) is 0. The number of carbonyl (C=O) groups is 2. The molecular formula is C14H26ClN3O3. The van der Waals surface area contributed by atoms with Gasteiger partial charge in [-0.1, -0.05) is 19.3 Å². The number of amides is 2. The van der Waals surface area contributed by atoms with E-state index in [-0.39, 0.29) is 24.2 Å². The molecule has 1 unspecified atom stereocenters. The molecule has 0 spiro atoms. The number of morpholine rings is 1. The predicted molar refractivity (Wildman–Crippen MR) is 82.5 cm³/mol. The van der Waals surface area contributed by atoms with Crippen molar-refractivity contribution < 1.29 is 14.3 Å². The van der Waals surface area contributed by atoms with E-state index in [2.05, 4.69) is 16.0 Å². The van der Waals surface area contributed by atoms with Crippen molar-refractivity contribution in [3.8, 4) is 0 Å². The smallest absolute Gasteiger partial charge is 0.250 e. The summed E-state index contributed by atoms with van der Waals surface area (Å²) in [7, 11) is 0. The highest BCUT2D eigenvalue weighted by Gasteiger charge is 2.21. The van der Waals surface area contributed by atoms with Gasteiger partial charge in [0.15, 0.2) is 0 Å². The molecule has 0 aromatic rings. The van der Waals surface area contributed by atoms with E-state index in [4.69, 9.17) is 4.74 Å². The first-order valence-electron chi connectivity index (χ1n) is 7.65. The molecule has 21 heavy (non-hydrogen) atoms. The Labute approximate surface area is 132 Å². The number of hydrogen-bond donors (Lipinski definition) is 3. The van der Waals surface area contributed by atoms with Gasteiger partial charge in [-0.3, -0.25) is 9.59 Å². The van der Waals surface area contributed by atoms with E-state index in [0.29, 0.717) is 32.2 Å². The van der Waals surface area contributed by atoms with Crippen LogP contribution < -0.4 is 16.0 Å². The number of nitrogens with one attached hydrogen (secondary N) is 3. The number of halogens is 1. The van der Waals surface area contributed by atoms with Gasteiger partial charge in [-0.25, -0.2) is 0 Å². The topological polar surface area (TPSA) is 79.5 Å². The molecular weight excluding hydrogens is 294 g/mol. The number of carbonyl (C=O) groups excluding carboxylic acids is 2. The number of hydrogen-bond acceptors (Lipinski definition) is 4. The lowest BCUT2D eigenvalue weighted by molar-refractivity contribution is -0.134. The summed E-state index contributed by atoms with van der Waals surface area (Å²) < 4.78 is 5.34. The molecule has 1 aliphatic carbocycles. The molecule has 0 aromatic carbocycles. The first-order chi connectivity index (χ1) is 9.75. The van der Waals surface area contributed by atoms with Crippen molar-refractivity contribution in [2.24, 2.45) is 0 Å². The van der Waals surface area contributed by atoms with Gasteiger partial charge in [0.2, 0.25) is 11.8 Å². The third-order valence-electron chi connectivity index (χ3n) is 3.84. The van der Waals surface area contributed by atoms with Crippen molar-refractivity contribution in [2.75, 3.05) is 26.2 Å². The van der Waals surface area contributed by atoms with Gasteiger partial charge in [0.05, 0.1) is 6.61 Å². The Morgan fingerprint density at radius 2 is 1.95 bits per heavy atom. The lowest BCUT2D eigenvalue weighted by Crippen LogP contribution is -2.48. The molecule has 7 heteroatoms. The SMILES string of the molecule is Cl.O=C(CCNC(=O)C1CNCCO1)NC1CCCCC1. The Balaban J connectivity index is 0.00000220. The molecule has 2 fully saturated rings. The lowest BCUT2D eigenvalue weighted by Gasteiger charge is -2.23. The highest BCUT2D eigenvalue weighted by atomic mass is 35.5. The summed E-state index contributed by atoms with van der Waals surface area (Å²) in [6, 6.07) is 0.331. The van der Waals surface area contributed by atoms with Crippen LogP contribution in [-0.2, 0) is 14.3 Å². The second-order valence-corrected chi connectivity index (χ2v) is 5.51. The molecule has 1 aliphatic heterocycles. The van der Waals surface area contributed by atoms with Crippen LogP contribution >= 0.6 is 12.4 Å². The first kappa shape index (κ1) is 18.2. The third kappa shape index (κ3) is 6.63. The summed E-state index contributed by atoms with van der Waals surface area (Å²) in [6.07, 6.45) is 5.76. The molecule has 0 radical (unpaired) electrons. The van der Waals surface area contributed by atoms with E-state index < -0.39 is 6.10 Å². The fourth-order valence-corrected chi connectivity index (χ4v) is 2.69. The van der Waals surface area contributed by atoms with Gasteiger partial charge in [-0.05, 0) is 12.8 Å². The van der Waals surface area contributed by atoms with Crippen LogP contribution in [0.1, 0.15) is 38.5 Å². The van der Waals surface area contributed by atoms with Crippen LogP contribution in [0.2, 0.25) is 0 Å². The second-order valence-electron chi connectivity index (χ2n) is 5.51. The van der Waals surface area contributed by atoms with Gasteiger partial charge in [0.1, 0.15) is 6.10 Å². The van der Waals surface area contributed by atoms with E-state index in [9.17, 15) is 9.59 Å². The Morgan fingerprint density at radius 3 is 2.62 bits per heavy atom. The summed E-state index contributed by atoms with van der Waals surface area (Å²) in [5.74, 6) is -0.109. The van der Waals surface area contributed by atoms with Crippen molar-refractivity contribution >= 4 is 24.2 Å². The van der Waals surface area contributed by atoms with Crippen LogP contribution in [0, 0.1) is 0 Å². The van der Waals surface area contributed by atoms with E-state index in [1.807, 2.05) is 0 Å². The van der Waals surface area contributed by atoms with Crippen LogP contribution in [0.25, 0.3) is 0 Å². The van der Waals surface area contributed by atoms with Crippen molar-refractivity contribution in [3.05, 3.63) is 0 Å². The summed E-state index contributed by atoms with van der Waals surface area (Å²) in [5, 5.41) is 8.90. The Kier molecular flexibility index (Phi) is 8.64. The van der Waals surface area contributed by atoms with Crippen LogP contribution in [0.5, 0.6) is 0 Å². The molecule has 1 saturated carbocycles. The number of rotatable bonds is 5. The molecule has 0 aromatic heterocycles. The molecule has 6 nitrogen and oxygen atoms in total. The van der Waals surface area contributed by atoms with Gasteiger partial charge >= 0.3 is 0 Å². The molecule has 2 aliphatic rings. The normalized spacial score (nSPS) is 23.0. The lowest BCUT2D eigenvalue weighted by atomic mass is 9.95. The minimum Gasteiger partial charge on any atom is -0.366 e. The third-order valence-corrected chi connectivity index (χ3v) is 3.84. The Hall–Kier alpha value is -0.850. The maximum absolute atomic E-state index is 11.8. The molecule has 122 valence electrons. The van der Waals surface area contributed by atoms with Crippen molar-refractivity contribution in [2.45, 2.75) is 50.7 Å². The average Bonchev–Trinajstić information content (AvgIpc) is 2.49. The van der Waals surface area contributed by atoms with Gasteiger partial charge in [0, 0.05) is 32.1 Å². The van der Waals surface area contributed by atoms with Gasteiger partial charge < -0.3 is 20.7 Å². The summed E-state index contributed by atoms with van der Waals surface area (Å²) >= 11 is 0. The van der Waals surface area contributed by atoms with E-state index in [1.165, 1.54) is 19.3 Å². The second kappa shape index (κ2) is 9.97. The van der Waals surface area contributed by atoms with Crippen LogP contribution in [0.3, 0.4) is 0 Å². The monoisotopic (exact) mass is 319 g/mol. The fourth-order valence-electron chi connectivity index (χ4n) is 2.69. The molecule has 1 atom stereocenters. The Bertz CT molecular complexity index is 329. The van der Waals surface area contributed by atoms with Crippen molar-refractivity contribution in [3.63, 3.8) is 0 Å². The van der Waals surface area contributed by atoms with Crippen LogP contribution in [0.15, 0.2) is 0 Å². The van der Waals surface area contributed by atoms with Crippen molar-refractivity contribution in [1.29, 1.82) is 0 Å². The average molecular weight is 320 g/mol. The van der Waals surface area contributed by atoms with E-state index in [0.717, 1.165) is 19.4 Å². The van der Waals surface area contributed by atoms with E-state index in [1.54, 1.807) is 0 Å². The minimum absolute atomic E-state index is 0. The quantitative estimate of drug-likeness (QED) is 0.683. The van der Waals surface area contributed by atoms with Gasteiger partial charge in [-0.15, -0.1) is 12.4 Å². The predicted octanol–water partition coefficient (Wildman–Crippen LogP) is 0.352. The zero-order valence-electron chi connectivity index (χ0n) is 12.4. The van der Waals surface area contributed by atoms with Crippen molar-refractivity contribution in [1.82, 2.24) is 16.0 Å². The molecule has 3 N–H and O–H groups in total. The standard InChI is InChI=1S/C14H25N3O3.ClH/c18-13(17-11-4-2-1-3-5-11)6-7-16-14(19)12-10-15-8-9-20-12;/h11-12,15H,1-10H2,(H,16,19)(H,17,18);1H. The molecule has 0 bridgehead atoms.